The number of nitrogens with one attached hydrogen (secondary N) is 1. The lowest BCUT2D eigenvalue weighted by atomic mass is 10.1. The third kappa shape index (κ3) is 4.09. The molecule has 23 heavy (non-hydrogen) atoms. The van der Waals surface area contributed by atoms with Gasteiger partial charge in [0, 0.05) is 16.1 Å². The van der Waals surface area contributed by atoms with Gasteiger partial charge in [-0.2, -0.15) is 0 Å². The van der Waals surface area contributed by atoms with Crippen LogP contribution in [0.3, 0.4) is 0 Å². The van der Waals surface area contributed by atoms with Crippen LogP contribution in [0.25, 0.3) is 0 Å². The summed E-state index contributed by atoms with van der Waals surface area (Å²) < 4.78 is 13.2. The molecule has 1 amide bonds. The number of quaternary nitrogens is 1. The molecule has 2 aromatic carbocycles. The molecule has 0 aromatic heterocycles. The average molecular weight is 334 g/mol. The van der Waals surface area contributed by atoms with Gasteiger partial charge in [0.1, 0.15) is 12.4 Å². The topological polar surface area (TPSA) is 24.8 Å². The van der Waals surface area contributed by atoms with E-state index in [0.717, 1.165) is 24.7 Å². The van der Waals surface area contributed by atoms with Crippen LogP contribution >= 0.6 is 11.6 Å². The fourth-order valence-electron chi connectivity index (χ4n) is 2.90. The normalized spacial score (nSPS) is 15.7. The van der Waals surface area contributed by atoms with Crippen LogP contribution in [0, 0.1) is 5.82 Å². The lowest BCUT2D eigenvalue weighted by Crippen LogP contribution is -3.13. The number of halogens is 2. The van der Waals surface area contributed by atoms with Gasteiger partial charge in [-0.3, -0.25) is 4.79 Å². The standard InChI is InChI=1S/C18H18ClFN2O/c19-16-6-4-14(5-7-16)13-21-8-10-22(11-9-21)18(23)15-2-1-3-17(20)12-15/h1-7,12H,8-11,13H2/p+1. The molecule has 2 aromatic rings. The van der Waals surface area contributed by atoms with Gasteiger partial charge >= 0.3 is 0 Å². The van der Waals surface area contributed by atoms with Crippen LogP contribution in [0.15, 0.2) is 48.5 Å². The molecule has 1 heterocycles. The molecular formula is C18H19ClFN2O+. The van der Waals surface area contributed by atoms with Gasteiger partial charge < -0.3 is 9.80 Å². The second kappa shape index (κ2) is 7.11. The maximum absolute atomic E-state index is 13.2. The van der Waals surface area contributed by atoms with Gasteiger partial charge in [0.2, 0.25) is 0 Å². The van der Waals surface area contributed by atoms with E-state index in [-0.39, 0.29) is 11.7 Å². The Kier molecular flexibility index (Phi) is 4.94. The molecule has 0 aliphatic carbocycles. The highest BCUT2D eigenvalue weighted by molar-refractivity contribution is 6.30. The first-order valence-corrected chi connectivity index (χ1v) is 8.12. The fourth-order valence-corrected chi connectivity index (χ4v) is 3.02. The van der Waals surface area contributed by atoms with Crippen molar-refractivity contribution in [3.05, 3.63) is 70.5 Å². The Morgan fingerprint density at radius 3 is 2.48 bits per heavy atom. The van der Waals surface area contributed by atoms with Gasteiger partial charge in [0.25, 0.3) is 5.91 Å². The minimum Gasteiger partial charge on any atom is -0.328 e. The van der Waals surface area contributed by atoms with Gasteiger partial charge in [0.15, 0.2) is 0 Å². The molecule has 1 aliphatic heterocycles. The number of hydrogen-bond donors (Lipinski definition) is 1. The molecule has 1 saturated heterocycles. The van der Waals surface area contributed by atoms with Crippen molar-refractivity contribution < 1.29 is 14.1 Å². The van der Waals surface area contributed by atoms with Gasteiger partial charge in [-0.05, 0) is 30.3 Å². The number of rotatable bonds is 3. The number of benzene rings is 2. The first kappa shape index (κ1) is 16.0. The monoisotopic (exact) mass is 333 g/mol. The summed E-state index contributed by atoms with van der Waals surface area (Å²) in [6, 6.07) is 13.8. The van der Waals surface area contributed by atoms with E-state index in [4.69, 9.17) is 11.6 Å². The molecule has 3 nitrogen and oxygen atoms in total. The highest BCUT2D eigenvalue weighted by Crippen LogP contribution is 2.10. The minimum atomic E-state index is -0.372. The van der Waals surface area contributed by atoms with E-state index in [1.165, 1.54) is 22.6 Å². The summed E-state index contributed by atoms with van der Waals surface area (Å²) in [6.07, 6.45) is 0. The van der Waals surface area contributed by atoms with E-state index in [9.17, 15) is 9.18 Å². The van der Waals surface area contributed by atoms with Crippen LogP contribution in [0.4, 0.5) is 4.39 Å². The second-order valence-electron chi connectivity index (χ2n) is 5.86. The average Bonchev–Trinajstić information content (AvgIpc) is 2.57. The smallest absolute Gasteiger partial charge is 0.254 e. The van der Waals surface area contributed by atoms with E-state index in [1.54, 1.807) is 17.0 Å². The summed E-state index contributed by atoms with van der Waals surface area (Å²) in [7, 11) is 0. The van der Waals surface area contributed by atoms with Crippen molar-refractivity contribution in [2.45, 2.75) is 6.54 Å². The number of piperazine rings is 1. The molecule has 0 unspecified atom stereocenters. The molecule has 1 aliphatic rings. The van der Waals surface area contributed by atoms with Gasteiger partial charge in [-0.1, -0.05) is 29.8 Å². The quantitative estimate of drug-likeness (QED) is 0.913. The summed E-state index contributed by atoms with van der Waals surface area (Å²) >= 11 is 5.90. The molecule has 0 atom stereocenters. The Labute approximate surface area is 140 Å². The van der Waals surface area contributed by atoms with Crippen molar-refractivity contribution in [2.24, 2.45) is 0 Å². The molecule has 0 saturated carbocycles. The molecule has 1 fully saturated rings. The second-order valence-corrected chi connectivity index (χ2v) is 6.29. The largest absolute Gasteiger partial charge is 0.328 e. The van der Waals surface area contributed by atoms with Crippen LogP contribution < -0.4 is 4.90 Å². The van der Waals surface area contributed by atoms with Crippen molar-refractivity contribution in [3.8, 4) is 0 Å². The summed E-state index contributed by atoms with van der Waals surface area (Å²) in [5.74, 6) is -0.460. The predicted molar refractivity (Wildman–Crippen MR) is 88.2 cm³/mol. The van der Waals surface area contributed by atoms with E-state index >= 15 is 0 Å². The zero-order chi connectivity index (χ0) is 16.2. The number of carbonyl (C=O) groups is 1. The van der Waals surface area contributed by atoms with Gasteiger partial charge in [0.05, 0.1) is 26.2 Å². The van der Waals surface area contributed by atoms with Gasteiger partial charge in [-0.25, -0.2) is 4.39 Å². The highest BCUT2D eigenvalue weighted by Gasteiger charge is 2.24. The van der Waals surface area contributed by atoms with E-state index < -0.39 is 0 Å². The summed E-state index contributed by atoms with van der Waals surface area (Å²) in [4.78, 5) is 15.6. The molecule has 5 heteroatoms. The van der Waals surface area contributed by atoms with Crippen LogP contribution in [-0.2, 0) is 6.54 Å². The first-order valence-electron chi connectivity index (χ1n) is 7.75. The SMILES string of the molecule is O=C(c1cccc(F)c1)N1CC[NH+](Cc2ccc(Cl)cc2)CC1. The van der Waals surface area contributed by atoms with E-state index in [1.807, 2.05) is 24.3 Å². The summed E-state index contributed by atoms with van der Waals surface area (Å²) in [5, 5.41) is 0.745. The number of carbonyl (C=O) groups excluding carboxylic acids is 1. The predicted octanol–water partition coefficient (Wildman–Crippen LogP) is 2.02. The molecular weight excluding hydrogens is 315 g/mol. The zero-order valence-electron chi connectivity index (χ0n) is 12.8. The molecule has 3 rings (SSSR count). The Hall–Kier alpha value is -1.91. The number of hydrogen-bond acceptors (Lipinski definition) is 1. The maximum Gasteiger partial charge on any atom is 0.254 e. The molecule has 0 spiro atoms. The molecule has 0 bridgehead atoms. The Morgan fingerprint density at radius 1 is 1.13 bits per heavy atom. The Bertz CT molecular complexity index is 682. The Morgan fingerprint density at radius 2 is 1.83 bits per heavy atom. The lowest BCUT2D eigenvalue weighted by molar-refractivity contribution is -0.917. The molecule has 0 radical (unpaired) electrons. The van der Waals surface area contributed by atoms with Crippen LogP contribution in [-0.4, -0.2) is 37.0 Å². The van der Waals surface area contributed by atoms with E-state index in [2.05, 4.69) is 0 Å². The van der Waals surface area contributed by atoms with Crippen molar-refractivity contribution >= 4 is 17.5 Å². The first-order chi connectivity index (χ1) is 11.1. The summed E-state index contributed by atoms with van der Waals surface area (Å²) in [5.41, 5.74) is 1.67. The minimum absolute atomic E-state index is 0.0879. The van der Waals surface area contributed by atoms with E-state index in [0.29, 0.717) is 18.7 Å². The van der Waals surface area contributed by atoms with Crippen molar-refractivity contribution in [2.75, 3.05) is 26.2 Å². The number of nitrogens with zero attached hydrogens (tertiary/aromatic N) is 1. The zero-order valence-corrected chi connectivity index (χ0v) is 13.5. The third-order valence-corrected chi connectivity index (χ3v) is 4.45. The van der Waals surface area contributed by atoms with Gasteiger partial charge in [-0.15, -0.1) is 0 Å². The third-order valence-electron chi connectivity index (χ3n) is 4.20. The van der Waals surface area contributed by atoms with Crippen molar-refractivity contribution in [1.29, 1.82) is 0 Å². The maximum atomic E-state index is 13.2. The van der Waals surface area contributed by atoms with Crippen molar-refractivity contribution in [1.82, 2.24) is 4.90 Å². The highest BCUT2D eigenvalue weighted by atomic mass is 35.5. The Balaban J connectivity index is 1.55. The van der Waals surface area contributed by atoms with Crippen LogP contribution in [0.1, 0.15) is 15.9 Å². The van der Waals surface area contributed by atoms with Crippen molar-refractivity contribution in [3.63, 3.8) is 0 Å². The fraction of sp³-hybridized carbons (Fsp3) is 0.278. The molecule has 120 valence electrons. The van der Waals surface area contributed by atoms with Crippen LogP contribution in [0.5, 0.6) is 0 Å². The molecule has 1 N–H and O–H groups in total. The lowest BCUT2D eigenvalue weighted by Gasteiger charge is -2.32. The van der Waals surface area contributed by atoms with Crippen LogP contribution in [0.2, 0.25) is 5.02 Å². The number of amides is 1. The summed E-state index contributed by atoms with van der Waals surface area (Å²) in [6.45, 7) is 4.10.